The highest BCUT2D eigenvalue weighted by molar-refractivity contribution is 5.94. The number of benzene rings is 1. The van der Waals surface area contributed by atoms with Crippen LogP contribution < -0.4 is 10.6 Å². The van der Waals surface area contributed by atoms with Crippen LogP contribution in [0.3, 0.4) is 0 Å². The molecule has 5 heteroatoms. The van der Waals surface area contributed by atoms with Crippen LogP contribution in [0.4, 0.5) is 4.39 Å². The summed E-state index contributed by atoms with van der Waals surface area (Å²) in [5.74, 6) is -0.213. The number of nitrogens with one attached hydrogen (secondary N) is 2. The Bertz CT molecular complexity index is 419. The van der Waals surface area contributed by atoms with Gasteiger partial charge in [0.25, 0.3) is 5.91 Å². The second kappa shape index (κ2) is 6.71. The fraction of sp³-hybridized carbons (Fsp3) is 0.462. The van der Waals surface area contributed by atoms with Gasteiger partial charge in [-0.25, -0.2) is 4.39 Å². The fourth-order valence-electron chi connectivity index (χ4n) is 2.28. The number of hydrogen-bond donors (Lipinski definition) is 2. The SMILES string of the molecule is CNC(=O)c1cc(F)cc(C2CCNCC2)c1.Cl. The van der Waals surface area contributed by atoms with Crippen molar-refractivity contribution in [1.29, 1.82) is 0 Å². The average Bonchev–Trinajstić information content (AvgIpc) is 2.38. The highest BCUT2D eigenvalue weighted by Gasteiger charge is 2.17. The van der Waals surface area contributed by atoms with Crippen LogP contribution in [0.1, 0.15) is 34.7 Å². The molecule has 0 aliphatic carbocycles. The Morgan fingerprint density at radius 2 is 2.00 bits per heavy atom. The average molecular weight is 273 g/mol. The summed E-state index contributed by atoms with van der Waals surface area (Å²) in [5.41, 5.74) is 1.34. The predicted octanol–water partition coefficient (Wildman–Crippen LogP) is 2.07. The lowest BCUT2D eigenvalue weighted by molar-refractivity contribution is 0.0962. The summed E-state index contributed by atoms with van der Waals surface area (Å²) < 4.78 is 13.5. The van der Waals surface area contributed by atoms with Crippen molar-refractivity contribution in [2.24, 2.45) is 0 Å². The van der Waals surface area contributed by atoms with Gasteiger partial charge in [0.1, 0.15) is 5.82 Å². The first-order chi connectivity index (χ1) is 8.20. The van der Waals surface area contributed by atoms with E-state index in [2.05, 4.69) is 10.6 Å². The zero-order valence-corrected chi connectivity index (χ0v) is 11.1. The molecule has 1 saturated heterocycles. The Morgan fingerprint density at radius 3 is 2.61 bits per heavy atom. The molecule has 1 fully saturated rings. The number of piperidine rings is 1. The molecule has 0 saturated carbocycles. The summed E-state index contributed by atoms with van der Waals surface area (Å²) >= 11 is 0. The molecule has 1 aliphatic heterocycles. The second-order valence-electron chi connectivity index (χ2n) is 4.38. The normalized spacial score (nSPS) is 15.9. The first kappa shape index (κ1) is 14.9. The van der Waals surface area contributed by atoms with Crippen LogP contribution in [0.25, 0.3) is 0 Å². The van der Waals surface area contributed by atoms with Crippen LogP contribution in [0.2, 0.25) is 0 Å². The Balaban J connectivity index is 0.00000162. The van der Waals surface area contributed by atoms with Crippen LogP contribution in [0.15, 0.2) is 18.2 Å². The van der Waals surface area contributed by atoms with Gasteiger partial charge in [-0.15, -0.1) is 12.4 Å². The molecule has 0 unspecified atom stereocenters. The number of amides is 1. The van der Waals surface area contributed by atoms with E-state index >= 15 is 0 Å². The van der Waals surface area contributed by atoms with Crippen LogP contribution in [-0.4, -0.2) is 26.0 Å². The third kappa shape index (κ3) is 3.43. The molecule has 1 aromatic rings. The van der Waals surface area contributed by atoms with Crippen LogP contribution in [0, 0.1) is 5.82 Å². The monoisotopic (exact) mass is 272 g/mol. The maximum Gasteiger partial charge on any atom is 0.251 e. The van der Waals surface area contributed by atoms with Gasteiger partial charge in [-0.05, 0) is 55.6 Å². The van der Waals surface area contributed by atoms with Crippen LogP contribution in [0.5, 0.6) is 0 Å². The Labute approximate surface area is 113 Å². The lowest BCUT2D eigenvalue weighted by Crippen LogP contribution is -2.27. The molecule has 2 rings (SSSR count). The standard InChI is InChI=1S/C13H17FN2O.ClH/c1-15-13(17)11-6-10(7-12(14)8-11)9-2-4-16-5-3-9;/h6-9,16H,2-5H2,1H3,(H,15,17);1H. The summed E-state index contributed by atoms with van der Waals surface area (Å²) in [6.07, 6.45) is 1.99. The molecule has 0 atom stereocenters. The molecule has 0 spiro atoms. The number of halogens is 2. The Hall–Kier alpha value is -1.13. The highest BCUT2D eigenvalue weighted by Crippen LogP contribution is 2.26. The van der Waals surface area contributed by atoms with E-state index in [1.165, 1.54) is 6.07 Å². The van der Waals surface area contributed by atoms with E-state index in [0.29, 0.717) is 11.5 Å². The van der Waals surface area contributed by atoms with Crippen LogP contribution >= 0.6 is 12.4 Å². The van der Waals surface area contributed by atoms with Gasteiger partial charge in [-0.3, -0.25) is 4.79 Å². The van der Waals surface area contributed by atoms with Crippen molar-refractivity contribution in [2.45, 2.75) is 18.8 Å². The van der Waals surface area contributed by atoms with Gasteiger partial charge < -0.3 is 10.6 Å². The van der Waals surface area contributed by atoms with E-state index in [1.54, 1.807) is 19.2 Å². The fourth-order valence-corrected chi connectivity index (χ4v) is 2.28. The largest absolute Gasteiger partial charge is 0.355 e. The maximum absolute atomic E-state index is 13.5. The number of carbonyl (C=O) groups is 1. The van der Waals surface area contributed by atoms with E-state index in [4.69, 9.17) is 0 Å². The zero-order chi connectivity index (χ0) is 12.3. The molecule has 3 nitrogen and oxygen atoms in total. The van der Waals surface area contributed by atoms with Crippen molar-refractivity contribution < 1.29 is 9.18 Å². The van der Waals surface area contributed by atoms with Crippen molar-refractivity contribution in [3.63, 3.8) is 0 Å². The smallest absolute Gasteiger partial charge is 0.251 e. The van der Waals surface area contributed by atoms with Gasteiger partial charge in [0, 0.05) is 12.6 Å². The minimum atomic E-state index is -0.334. The molecule has 1 amide bonds. The summed E-state index contributed by atoms with van der Waals surface area (Å²) in [6.45, 7) is 1.91. The lowest BCUT2D eigenvalue weighted by Gasteiger charge is -2.23. The molecule has 0 bridgehead atoms. The molecular formula is C13H18ClFN2O. The number of rotatable bonds is 2. The second-order valence-corrected chi connectivity index (χ2v) is 4.38. The van der Waals surface area contributed by atoms with Gasteiger partial charge in [0.15, 0.2) is 0 Å². The first-order valence-corrected chi connectivity index (χ1v) is 5.94. The minimum absolute atomic E-state index is 0. The quantitative estimate of drug-likeness (QED) is 0.865. The molecule has 0 aromatic heterocycles. The molecule has 1 heterocycles. The Morgan fingerprint density at radius 1 is 1.33 bits per heavy atom. The van der Waals surface area contributed by atoms with Crippen molar-refractivity contribution in [3.8, 4) is 0 Å². The summed E-state index contributed by atoms with van der Waals surface area (Å²) in [7, 11) is 1.55. The number of carbonyl (C=O) groups excluding carboxylic acids is 1. The third-order valence-electron chi connectivity index (χ3n) is 3.22. The minimum Gasteiger partial charge on any atom is -0.355 e. The van der Waals surface area contributed by atoms with Crippen molar-refractivity contribution in [3.05, 3.63) is 35.1 Å². The molecule has 0 radical (unpaired) electrons. The van der Waals surface area contributed by atoms with E-state index in [1.807, 2.05) is 0 Å². The van der Waals surface area contributed by atoms with Crippen molar-refractivity contribution in [2.75, 3.05) is 20.1 Å². The molecule has 1 aromatic carbocycles. The molecular weight excluding hydrogens is 255 g/mol. The van der Waals surface area contributed by atoms with Crippen LogP contribution in [-0.2, 0) is 0 Å². The van der Waals surface area contributed by atoms with Gasteiger partial charge in [-0.1, -0.05) is 0 Å². The highest BCUT2D eigenvalue weighted by atomic mass is 35.5. The van der Waals surface area contributed by atoms with Gasteiger partial charge >= 0.3 is 0 Å². The number of hydrogen-bond acceptors (Lipinski definition) is 2. The lowest BCUT2D eigenvalue weighted by atomic mass is 9.89. The summed E-state index contributed by atoms with van der Waals surface area (Å²) in [6, 6.07) is 4.63. The molecule has 1 aliphatic rings. The van der Waals surface area contributed by atoms with E-state index < -0.39 is 0 Å². The topological polar surface area (TPSA) is 41.1 Å². The van der Waals surface area contributed by atoms with Gasteiger partial charge in [0.2, 0.25) is 0 Å². The summed E-state index contributed by atoms with van der Waals surface area (Å²) in [4.78, 5) is 11.5. The van der Waals surface area contributed by atoms with E-state index in [9.17, 15) is 9.18 Å². The predicted molar refractivity (Wildman–Crippen MR) is 71.9 cm³/mol. The summed E-state index contributed by atoms with van der Waals surface area (Å²) in [5, 5.41) is 5.80. The van der Waals surface area contributed by atoms with Crippen molar-refractivity contribution in [1.82, 2.24) is 10.6 Å². The van der Waals surface area contributed by atoms with E-state index in [0.717, 1.165) is 31.5 Å². The third-order valence-corrected chi connectivity index (χ3v) is 3.22. The molecule has 2 N–H and O–H groups in total. The Kier molecular flexibility index (Phi) is 5.56. The first-order valence-electron chi connectivity index (χ1n) is 5.94. The zero-order valence-electron chi connectivity index (χ0n) is 10.3. The van der Waals surface area contributed by atoms with E-state index in [-0.39, 0.29) is 24.1 Å². The maximum atomic E-state index is 13.5. The van der Waals surface area contributed by atoms with Crippen molar-refractivity contribution >= 4 is 18.3 Å². The molecule has 100 valence electrons. The van der Waals surface area contributed by atoms with Gasteiger partial charge in [-0.2, -0.15) is 0 Å². The molecule has 18 heavy (non-hydrogen) atoms. The van der Waals surface area contributed by atoms with Gasteiger partial charge in [0.05, 0.1) is 0 Å².